The minimum Gasteiger partial charge on any atom is -0.481 e. The first-order valence-electron chi connectivity index (χ1n) is 4.51. The standard InChI is InChI=1S/C7H9NO3.C3H6O2/c1-5(3-8)7(10)11-4-6(2)9;1-2-3(4)5/h6,9H,1,4H2,2H3;2H2,1H3,(H,4,5). The summed E-state index contributed by atoms with van der Waals surface area (Å²) in [6, 6.07) is 1.54. The Morgan fingerprint density at radius 2 is 2.00 bits per heavy atom. The highest BCUT2D eigenvalue weighted by Gasteiger charge is 2.07. The summed E-state index contributed by atoms with van der Waals surface area (Å²) in [6.07, 6.45) is -0.495. The van der Waals surface area contributed by atoms with Crippen LogP contribution in [0.25, 0.3) is 0 Å². The SMILES string of the molecule is C=C(C#N)C(=O)OCC(C)O.CCC(=O)O. The molecule has 6 heteroatoms. The van der Waals surface area contributed by atoms with Crippen LogP contribution in [0.3, 0.4) is 0 Å². The zero-order valence-electron chi connectivity index (χ0n) is 9.27. The number of carboxylic acids is 1. The summed E-state index contributed by atoms with van der Waals surface area (Å²) in [7, 11) is 0. The van der Waals surface area contributed by atoms with Gasteiger partial charge in [0.2, 0.25) is 0 Å². The molecule has 0 rings (SSSR count). The molecular weight excluding hydrogens is 214 g/mol. The van der Waals surface area contributed by atoms with Crippen LogP contribution in [-0.4, -0.2) is 34.9 Å². The van der Waals surface area contributed by atoms with E-state index in [1.807, 2.05) is 0 Å². The average molecular weight is 229 g/mol. The van der Waals surface area contributed by atoms with E-state index in [9.17, 15) is 9.59 Å². The zero-order chi connectivity index (χ0) is 13.1. The minimum atomic E-state index is -0.784. The largest absolute Gasteiger partial charge is 0.481 e. The number of aliphatic carboxylic acids is 1. The Labute approximate surface area is 93.8 Å². The molecule has 0 aliphatic heterocycles. The third-order valence-electron chi connectivity index (χ3n) is 1.14. The first-order valence-corrected chi connectivity index (χ1v) is 4.51. The van der Waals surface area contributed by atoms with Crippen molar-refractivity contribution >= 4 is 11.9 Å². The Kier molecular flexibility index (Phi) is 10.0. The maximum atomic E-state index is 10.6. The Morgan fingerprint density at radius 3 is 2.25 bits per heavy atom. The fraction of sp³-hybridized carbons (Fsp3) is 0.500. The lowest BCUT2D eigenvalue weighted by molar-refractivity contribution is -0.141. The molecule has 0 aromatic heterocycles. The molecule has 0 aromatic rings. The molecule has 0 heterocycles. The molecule has 0 aromatic carbocycles. The number of carbonyl (C=O) groups is 2. The first kappa shape index (κ1) is 16.6. The van der Waals surface area contributed by atoms with Gasteiger partial charge in [-0.1, -0.05) is 13.5 Å². The van der Waals surface area contributed by atoms with E-state index in [-0.39, 0.29) is 18.6 Å². The van der Waals surface area contributed by atoms with Gasteiger partial charge >= 0.3 is 11.9 Å². The number of ether oxygens (including phenoxy) is 1. The first-order chi connectivity index (χ1) is 7.34. The monoisotopic (exact) mass is 229 g/mol. The highest BCUT2D eigenvalue weighted by molar-refractivity contribution is 5.91. The lowest BCUT2D eigenvalue weighted by atomic mass is 10.3. The van der Waals surface area contributed by atoms with E-state index in [1.54, 1.807) is 6.92 Å². The van der Waals surface area contributed by atoms with Gasteiger partial charge in [0.05, 0.1) is 6.10 Å². The predicted octanol–water partition coefficient (Wildman–Crippen LogP) is 0.471. The average Bonchev–Trinajstić information content (AvgIpc) is 2.25. The van der Waals surface area contributed by atoms with E-state index in [0.29, 0.717) is 0 Å². The lowest BCUT2D eigenvalue weighted by Gasteiger charge is -2.03. The van der Waals surface area contributed by atoms with Gasteiger partial charge in [-0.05, 0) is 6.92 Å². The van der Waals surface area contributed by atoms with Gasteiger partial charge in [0.25, 0.3) is 0 Å². The third kappa shape index (κ3) is 12.1. The molecule has 0 aliphatic carbocycles. The summed E-state index contributed by atoms with van der Waals surface area (Å²) in [4.78, 5) is 20.0. The van der Waals surface area contributed by atoms with Crippen LogP contribution in [0.5, 0.6) is 0 Å². The summed E-state index contributed by atoms with van der Waals surface area (Å²) in [5.41, 5.74) is -0.259. The van der Waals surface area contributed by atoms with E-state index in [1.165, 1.54) is 13.0 Å². The second kappa shape index (κ2) is 9.68. The maximum absolute atomic E-state index is 10.6. The van der Waals surface area contributed by atoms with Crippen LogP contribution in [0.15, 0.2) is 12.2 Å². The Bertz CT molecular complexity index is 290. The van der Waals surface area contributed by atoms with Crippen molar-refractivity contribution in [2.45, 2.75) is 26.4 Å². The van der Waals surface area contributed by atoms with Gasteiger partial charge in [-0.3, -0.25) is 4.79 Å². The van der Waals surface area contributed by atoms with Crippen LogP contribution < -0.4 is 0 Å². The molecular formula is C10H15NO5. The number of aliphatic hydroxyl groups is 1. The number of rotatable bonds is 4. The fourth-order valence-electron chi connectivity index (χ4n) is 0.329. The number of carbonyl (C=O) groups excluding carboxylic acids is 1. The lowest BCUT2D eigenvalue weighted by Crippen LogP contribution is -2.15. The molecule has 2 N–H and O–H groups in total. The Balaban J connectivity index is 0. The number of carboxylic acid groups (broad SMARTS) is 1. The molecule has 0 spiro atoms. The second-order valence-electron chi connectivity index (χ2n) is 2.79. The third-order valence-corrected chi connectivity index (χ3v) is 1.14. The van der Waals surface area contributed by atoms with Crippen molar-refractivity contribution in [3.05, 3.63) is 12.2 Å². The quantitative estimate of drug-likeness (QED) is 0.412. The highest BCUT2D eigenvalue weighted by Crippen LogP contribution is 1.93. The smallest absolute Gasteiger partial charge is 0.348 e. The summed E-state index contributed by atoms with van der Waals surface area (Å²) in [5, 5.41) is 24.5. The fourth-order valence-corrected chi connectivity index (χ4v) is 0.329. The van der Waals surface area contributed by atoms with Crippen molar-refractivity contribution in [1.29, 1.82) is 5.26 Å². The van der Waals surface area contributed by atoms with Gasteiger partial charge in [-0.2, -0.15) is 5.26 Å². The summed E-state index contributed by atoms with van der Waals surface area (Å²) in [6.45, 7) is 6.10. The summed E-state index contributed by atoms with van der Waals surface area (Å²) >= 11 is 0. The van der Waals surface area contributed by atoms with Crippen LogP contribution in [-0.2, 0) is 14.3 Å². The Hall–Kier alpha value is -1.87. The molecule has 6 nitrogen and oxygen atoms in total. The van der Waals surface area contributed by atoms with Crippen LogP contribution in [0, 0.1) is 11.3 Å². The van der Waals surface area contributed by atoms with Crippen molar-refractivity contribution in [2.75, 3.05) is 6.61 Å². The number of aliphatic hydroxyl groups excluding tert-OH is 1. The van der Waals surface area contributed by atoms with Crippen LogP contribution in [0.1, 0.15) is 20.3 Å². The molecule has 90 valence electrons. The van der Waals surface area contributed by atoms with Crippen LogP contribution in [0.4, 0.5) is 0 Å². The van der Waals surface area contributed by atoms with Gasteiger partial charge in [0.1, 0.15) is 18.2 Å². The zero-order valence-corrected chi connectivity index (χ0v) is 9.27. The normalized spacial score (nSPS) is 10.1. The minimum absolute atomic E-state index is 0.112. The topological polar surface area (TPSA) is 108 Å². The predicted molar refractivity (Wildman–Crippen MR) is 55.3 cm³/mol. The molecule has 1 unspecified atom stereocenters. The number of nitriles is 1. The van der Waals surface area contributed by atoms with Crippen LogP contribution in [0.2, 0.25) is 0 Å². The van der Waals surface area contributed by atoms with Gasteiger partial charge in [-0.15, -0.1) is 0 Å². The maximum Gasteiger partial charge on any atom is 0.348 e. The number of hydrogen-bond donors (Lipinski definition) is 2. The summed E-state index contributed by atoms with van der Waals surface area (Å²) < 4.78 is 4.45. The molecule has 0 aliphatic rings. The molecule has 16 heavy (non-hydrogen) atoms. The van der Waals surface area contributed by atoms with Crippen molar-refractivity contribution in [2.24, 2.45) is 0 Å². The number of hydrogen-bond acceptors (Lipinski definition) is 5. The summed E-state index contributed by atoms with van der Waals surface area (Å²) in [5.74, 6) is -1.53. The number of esters is 1. The molecule has 0 radical (unpaired) electrons. The van der Waals surface area contributed by atoms with E-state index >= 15 is 0 Å². The second-order valence-corrected chi connectivity index (χ2v) is 2.79. The van der Waals surface area contributed by atoms with E-state index < -0.39 is 18.0 Å². The van der Waals surface area contributed by atoms with Crippen molar-refractivity contribution in [3.63, 3.8) is 0 Å². The van der Waals surface area contributed by atoms with E-state index in [4.69, 9.17) is 15.5 Å². The highest BCUT2D eigenvalue weighted by atomic mass is 16.5. The molecule has 0 fully saturated rings. The number of nitrogens with zero attached hydrogens (tertiary/aromatic N) is 1. The van der Waals surface area contributed by atoms with Crippen LogP contribution >= 0.6 is 0 Å². The molecule has 0 saturated heterocycles. The molecule has 0 bridgehead atoms. The van der Waals surface area contributed by atoms with Crippen molar-refractivity contribution in [3.8, 4) is 6.07 Å². The van der Waals surface area contributed by atoms with Gasteiger partial charge in [-0.25, -0.2) is 4.79 Å². The van der Waals surface area contributed by atoms with Crippen molar-refractivity contribution in [1.82, 2.24) is 0 Å². The van der Waals surface area contributed by atoms with Gasteiger partial charge < -0.3 is 14.9 Å². The van der Waals surface area contributed by atoms with E-state index in [0.717, 1.165) is 0 Å². The van der Waals surface area contributed by atoms with Gasteiger partial charge in [0.15, 0.2) is 0 Å². The Morgan fingerprint density at radius 1 is 1.56 bits per heavy atom. The molecule has 0 saturated carbocycles. The molecule has 1 atom stereocenters. The van der Waals surface area contributed by atoms with Crippen molar-refractivity contribution < 1.29 is 24.5 Å². The van der Waals surface area contributed by atoms with E-state index in [2.05, 4.69) is 11.3 Å². The molecule has 0 amide bonds. The van der Waals surface area contributed by atoms with Gasteiger partial charge in [0, 0.05) is 6.42 Å².